The Bertz CT molecular complexity index is 423. The van der Waals surface area contributed by atoms with Crippen molar-refractivity contribution in [3.63, 3.8) is 0 Å². The van der Waals surface area contributed by atoms with Gasteiger partial charge in [0.15, 0.2) is 0 Å². The van der Waals surface area contributed by atoms with Crippen molar-refractivity contribution in [2.45, 2.75) is 0 Å². The van der Waals surface area contributed by atoms with Gasteiger partial charge in [-0.25, -0.2) is 0 Å². The largest absolute Gasteiger partial charge is 0.507 e. The Labute approximate surface area is 75.2 Å². The molecule has 0 saturated carbocycles. The molecule has 0 unspecified atom stereocenters. The van der Waals surface area contributed by atoms with E-state index in [-0.39, 0.29) is 0 Å². The van der Waals surface area contributed by atoms with E-state index in [2.05, 4.69) is 0 Å². The summed E-state index contributed by atoms with van der Waals surface area (Å²) in [4.78, 5) is 0. The van der Waals surface area contributed by atoms with E-state index in [0.29, 0.717) is 10.8 Å². The van der Waals surface area contributed by atoms with Gasteiger partial charge in [0, 0.05) is 10.4 Å². The zero-order valence-electron chi connectivity index (χ0n) is 6.29. The average molecular weight is 179 g/mol. The second kappa shape index (κ2) is 2.68. The van der Waals surface area contributed by atoms with Gasteiger partial charge in [-0.1, -0.05) is 23.7 Å². The second-order valence-electron chi connectivity index (χ2n) is 2.64. The maximum absolute atomic E-state index is 9.42. The molecule has 0 atom stereocenters. The summed E-state index contributed by atoms with van der Waals surface area (Å²) in [5.74, 6) is 0.296. The fourth-order valence-corrected chi connectivity index (χ4v) is 1.42. The number of halogens is 1. The van der Waals surface area contributed by atoms with Crippen LogP contribution in [0.5, 0.6) is 5.75 Å². The van der Waals surface area contributed by atoms with Crippen LogP contribution in [0.15, 0.2) is 36.4 Å². The van der Waals surface area contributed by atoms with E-state index in [9.17, 15) is 5.11 Å². The molecule has 2 rings (SSSR count). The molecule has 0 fully saturated rings. The number of hydrogen-bond donors (Lipinski definition) is 1. The lowest BCUT2D eigenvalue weighted by molar-refractivity contribution is 0.481. The Morgan fingerprint density at radius 2 is 1.92 bits per heavy atom. The fourth-order valence-electron chi connectivity index (χ4n) is 1.24. The van der Waals surface area contributed by atoms with Crippen LogP contribution < -0.4 is 0 Å². The first-order chi connectivity index (χ1) is 5.77. The van der Waals surface area contributed by atoms with Crippen molar-refractivity contribution in [1.29, 1.82) is 0 Å². The Kier molecular flexibility index (Phi) is 1.66. The van der Waals surface area contributed by atoms with Gasteiger partial charge in [-0.3, -0.25) is 0 Å². The molecule has 2 aromatic carbocycles. The number of hydrogen-bond acceptors (Lipinski definition) is 1. The Morgan fingerprint density at radius 3 is 2.75 bits per heavy atom. The summed E-state index contributed by atoms with van der Waals surface area (Å²) in [5, 5.41) is 11.9. The highest BCUT2D eigenvalue weighted by atomic mass is 35.5. The summed E-state index contributed by atoms with van der Waals surface area (Å²) in [6.45, 7) is 0. The maximum atomic E-state index is 9.42. The van der Waals surface area contributed by atoms with Gasteiger partial charge >= 0.3 is 0 Å². The lowest BCUT2D eigenvalue weighted by Gasteiger charge is -1.99. The third-order valence-electron chi connectivity index (χ3n) is 1.82. The topological polar surface area (TPSA) is 20.2 Å². The molecule has 0 saturated heterocycles. The minimum absolute atomic E-state index is 0.296. The number of phenols is 1. The van der Waals surface area contributed by atoms with Crippen molar-refractivity contribution >= 4 is 22.4 Å². The summed E-state index contributed by atoms with van der Waals surface area (Å²) < 4.78 is 0. The molecule has 0 bridgehead atoms. The number of rotatable bonds is 0. The number of benzene rings is 2. The molecule has 60 valence electrons. The third-order valence-corrected chi connectivity index (χ3v) is 2.05. The molecular formula is C10H7ClO. The van der Waals surface area contributed by atoms with E-state index in [1.54, 1.807) is 18.2 Å². The van der Waals surface area contributed by atoms with E-state index in [4.69, 9.17) is 11.6 Å². The second-order valence-corrected chi connectivity index (χ2v) is 3.08. The minimum atomic E-state index is 0.296. The molecule has 0 aromatic heterocycles. The van der Waals surface area contributed by atoms with Crippen LogP contribution >= 0.6 is 11.6 Å². The minimum Gasteiger partial charge on any atom is -0.507 e. The molecule has 0 radical (unpaired) electrons. The van der Waals surface area contributed by atoms with Crippen molar-refractivity contribution in [3.8, 4) is 5.75 Å². The lowest BCUT2D eigenvalue weighted by Crippen LogP contribution is -1.72. The molecule has 0 aliphatic rings. The summed E-state index contributed by atoms with van der Waals surface area (Å²) in [7, 11) is 0. The highest BCUT2D eigenvalue weighted by Crippen LogP contribution is 2.26. The molecule has 0 amide bonds. The Balaban J connectivity index is 2.86. The summed E-state index contributed by atoms with van der Waals surface area (Å²) in [6, 6.07) is 10.8. The van der Waals surface area contributed by atoms with Crippen LogP contribution in [0.25, 0.3) is 10.8 Å². The highest BCUT2D eigenvalue weighted by Gasteiger charge is 1.97. The molecule has 0 aliphatic heterocycles. The lowest BCUT2D eigenvalue weighted by atomic mass is 10.1. The number of aromatic hydroxyl groups is 1. The maximum Gasteiger partial charge on any atom is 0.123 e. The standard InChI is InChI=1S/C10H7ClO/c11-8-4-5-9-7(6-8)2-1-3-10(9)12/h1-6,12H. The van der Waals surface area contributed by atoms with Gasteiger partial charge in [-0.05, 0) is 29.7 Å². The van der Waals surface area contributed by atoms with Crippen LogP contribution in [0.3, 0.4) is 0 Å². The predicted molar refractivity (Wildman–Crippen MR) is 50.6 cm³/mol. The summed E-state index contributed by atoms with van der Waals surface area (Å²) in [6.07, 6.45) is 0. The first kappa shape index (κ1) is 7.44. The van der Waals surface area contributed by atoms with Crippen LogP contribution in [0.2, 0.25) is 5.02 Å². The van der Waals surface area contributed by atoms with Gasteiger partial charge in [0.05, 0.1) is 0 Å². The average Bonchev–Trinajstić information content (AvgIpc) is 2.04. The van der Waals surface area contributed by atoms with Crippen LogP contribution in [-0.2, 0) is 0 Å². The zero-order chi connectivity index (χ0) is 8.55. The number of phenolic OH excluding ortho intramolecular Hbond substituents is 1. The Morgan fingerprint density at radius 1 is 1.08 bits per heavy atom. The molecule has 0 spiro atoms. The van der Waals surface area contributed by atoms with Gasteiger partial charge in [0.1, 0.15) is 5.75 Å². The molecule has 1 nitrogen and oxygen atoms in total. The predicted octanol–water partition coefficient (Wildman–Crippen LogP) is 3.20. The molecular weight excluding hydrogens is 172 g/mol. The van der Waals surface area contributed by atoms with Crippen molar-refractivity contribution in [1.82, 2.24) is 0 Å². The highest BCUT2D eigenvalue weighted by molar-refractivity contribution is 6.31. The monoisotopic (exact) mass is 178 g/mol. The normalized spacial score (nSPS) is 10.4. The summed E-state index contributed by atoms with van der Waals surface area (Å²) >= 11 is 5.79. The van der Waals surface area contributed by atoms with Crippen LogP contribution in [0.4, 0.5) is 0 Å². The zero-order valence-corrected chi connectivity index (χ0v) is 7.05. The van der Waals surface area contributed by atoms with Gasteiger partial charge in [-0.15, -0.1) is 0 Å². The van der Waals surface area contributed by atoms with Gasteiger partial charge in [0.25, 0.3) is 0 Å². The SMILES string of the molecule is Oc1cccc2cc(Cl)ccc12. The van der Waals surface area contributed by atoms with Gasteiger partial charge < -0.3 is 5.11 Å². The number of fused-ring (bicyclic) bond motifs is 1. The first-order valence-corrected chi connectivity index (χ1v) is 4.02. The quantitative estimate of drug-likeness (QED) is 0.657. The van der Waals surface area contributed by atoms with E-state index in [1.165, 1.54) is 0 Å². The van der Waals surface area contributed by atoms with Crippen molar-refractivity contribution in [2.24, 2.45) is 0 Å². The van der Waals surface area contributed by atoms with Gasteiger partial charge in [-0.2, -0.15) is 0 Å². The van der Waals surface area contributed by atoms with Crippen molar-refractivity contribution in [3.05, 3.63) is 41.4 Å². The molecule has 12 heavy (non-hydrogen) atoms. The van der Waals surface area contributed by atoms with E-state index in [1.807, 2.05) is 18.2 Å². The van der Waals surface area contributed by atoms with E-state index < -0.39 is 0 Å². The smallest absolute Gasteiger partial charge is 0.123 e. The molecule has 0 aliphatic carbocycles. The first-order valence-electron chi connectivity index (χ1n) is 3.64. The van der Waals surface area contributed by atoms with Crippen LogP contribution in [0, 0.1) is 0 Å². The van der Waals surface area contributed by atoms with Gasteiger partial charge in [0.2, 0.25) is 0 Å². The molecule has 2 heteroatoms. The van der Waals surface area contributed by atoms with Crippen molar-refractivity contribution in [2.75, 3.05) is 0 Å². The molecule has 1 N–H and O–H groups in total. The van der Waals surface area contributed by atoms with E-state index >= 15 is 0 Å². The third kappa shape index (κ3) is 1.12. The summed E-state index contributed by atoms with van der Waals surface area (Å²) in [5.41, 5.74) is 0. The molecule has 0 heterocycles. The van der Waals surface area contributed by atoms with Crippen LogP contribution in [-0.4, -0.2) is 5.11 Å². The van der Waals surface area contributed by atoms with E-state index in [0.717, 1.165) is 10.8 Å². The fraction of sp³-hybridized carbons (Fsp3) is 0. The Hall–Kier alpha value is -1.21. The molecule has 2 aromatic rings. The van der Waals surface area contributed by atoms with Crippen LogP contribution in [0.1, 0.15) is 0 Å². The van der Waals surface area contributed by atoms with Crippen molar-refractivity contribution < 1.29 is 5.11 Å².